The van der Waals surface area contributed by atoms with Crippen molar-refractivity contribution in [1.82, 2.24) is 4.31 Å². The molecule has 0 aromatic rings. The van der Waals surface area contributed by atoms with Gasteiger partial charge in [-0.05, 0) is 19.3 Å². The summed E-state index contributed by atoms with van der Waals surface area (Å²) in [5, 5.41) is 7.81. The highest BCUT2D eigenvalue weighted by Crippen LogP contribution is 2.17. The van der Waals surface area contributed by atoms with E-state index in [1.54, 1.807) is 6.92 Å². The molecular formula is C8H14N2O2S. The molecule has 1 heterocycles. The summed E-state index contributed by atoms with van der Waals surface area (Å²) < 4.78 is 24.8. The Morgan fingerprint density at radius 1 is 1.46 bits per heavy atom. The summed E-state index contributed by atoms with van der Waals surface area (Å²) in [7, 11) is -3.33. The molecule has 4 nitrogen and oxygen atoms in total. The van der Waals surface area contributed by atoms with E-state index < -0.39 is 15.3 Å². The molecular weight excluding hydrogens is 188 g/mol. The first kappa shape index (κ1) is 10.5. The van der Waals surface area contributed by atoms with Crippen LogP contribution >= 0.6 is 0 Å². The third-order valence-electron chi connectivity index (χ3n) is 2.30. The summed E-state index contributed by atoms with van der Waals surface area (Å²) in [4.78, 5) is 0. The summed E-state index contributed by atoms with van der Waals surface area (Å²) in [6, 6.07) is 1.84. The van der Waals surface area contributed by atoms with Crippen LogP contribution in [0.15, 0.2) is 0 Å². The van der Waals surface area contributed by atoms with Gasteiger partial charge in [-0.3, -0.25) is 0 Å². The average Bonchev–Trinajstić information content (AvgIpc) is 2.58. The Balaban J connectivity index is 2.81. The molecule has 0 amide bonds. The second kappa shape index (κ2) is 4.07. The van der Waals surface area contributed by atoms with Gasteiger partial charge in [-0.1, -0.05) is 6.92 Å². The smallest absolute Gasteiger partial charge is 0.211 e. The van der Waals surface area contributed by atoms with Gasteiger partial charge < -0.3 is 0 Å². The molecule has 0 saturated carbocycles. The second-order valence-corrected chi connectivity index (χ2v) is 5.29. The Morgan fingerprint density at radius 2 is 2.00 bits per heavy atom. The zero-order valence-electron chi connectivity index (χ0n) is 7.73. The van der Waals surface area contributed by atoms with Crippen LogP contribution in [-0.2, 0) is 10.0 Å². The molecule has 1 fully saturated rings. The molecule has 0 aromatic carbocycles. The van der Waals surface area contributed by atoms with Gasteiger partial charge in [0.05, 0.1) is 6.07 Å². The fraction of sp³-hybridized carbons (Fsp3) is 0.875. The normalized spacial score (nSPS) is 21.2. The highest BCUT2D eigenvalue weighted by Gasteiger charge is 2.32. The average molecular weight is 202 g/mol. The van der Waals surface area contributed by atoms with E-state index in [-0.39, 0.29) is 0 Å². The van der Waals surface area contributed by atoms with Crippen LogP contribution in [0.25, 0.3) is 0 Å². The van der Waals surface area contributed by atoms with E-state index in [0.717, 1.165) is 12.8 Å². The van der Waals surface area contributed by atoms with Crippen molar-refractivity contribution in [2.45, 2.75) is 31.4 Å². The first-order chi connectivity index (χ1) is 6.12. The standard InChI is InChI=1S/C8H14N2O2S/c1-2-8(7-9)13(11,12)10-5-3-4-6-10/h8H,2-6H2,1H3. The zero-order chi connectivity index (χ0) is 9.90. The Bertz CT molecular complexity index is 299. The third kappa shape index (κ3) is 2.01. The molecule has 0 radical (unpaired) electrons. The summed E-state index contributed by atoms with van der Waals surface area (Å²) in [5.74, 6) is 0. The Kier molecular flexibility index (Phi) is 3.28. The summed E-state index contributed by atoms with van der Waals surface area (Å²) in [5.41, 5.74) is 0. The van der Waals surface area contributed by atoms with E-state index in [4.69, 9.17) is 5.26 Å². The summed E-state index contributed by atoms with van der Waals surface area (Å²) in [6.07, 6.45) is 2.21. The van der Waals surface area contributed by atoms with E-state index in [0.29, 0.717) is 19.5 Å². The van der Waals surface area contributed by atoms with Gasteiger partial charge in [0.25, 0.3) is 0 Å². The van der Waals surface area contributed by atoms with Gasteiger partial charge in [0.15, 0.2) is 5.25 Å². The minimum Gasteiger partial charge on any atom is -0.211 e. The summed E-state index contributed by atoms with van der Waals surface area (Å²) >= 11 is 0. The first-order valence-electron chi connectivity index (χ1n) is 4.51. The van der Waals surface area contributed by atoms with Crippen molar-refractivity contribution < 1.29 is 8.42 Å². The Labute approximate surface area is 79.2 Å². The van der Waals surface area contributed by atoms with Gasteiger partial charge in [0, 0.05) is 13.1 Å². The van der Waals surface area contributed by atoms with Crippen molar-refractivity contribution in [2.75, 3.05) is 13.1 Å². The van der Waals surface area contributed by atoms with Crippen LogP contribution in [0.4, 0.5) is 0 Å². The minimum atomic E-state index is -3.33. The molecule has 1 rings (SSSR count). The molecule has 74 valence electrons. The maximum absolute atomic E-state index is 11.7. The Hall–Kier alpha value is -0.600. The fourth-order valence-corrected chi connectivity index (χ4v) is 3.17. The van der Waals surface area contributed by atoms with Gasteiger partial charge in [0.1, 0.15) is 0 Å². The van der Waals surface area contributed by atoms with Crippen LogP contribution in [0.5, 0.6) is 0 Å². The molecule has 1 saturated heterocycles. The lowest BCUT2D eigenvalue weighted by Gasteiger charge is -2.17. The molecule has 5 heteroatoms. The van der Waals surface area contributed by atoms with E-state index in [9.17, 15) is 8.42 Å². The minimum absolute atomic E-state index is 0.370. The van der Waals surface area contributed by atoms with Gasteiger partial charge in [-0.15, -0.1) is 0 Å². The predicted molar refractivity (Wildman–Crippen MR) is 49.4 cm³/mol. The van der Waals surface area contributed by atoms with E-state index in [1.807, 2.05) is 6.07 Å². The first-order valence-corrected chi connectivity index (χ1v) is 6.01. The van der Waals surface area contributed by atoms with Crippen molar-refractivity contribution in [1.29, 1.82) is 5.26 Å². The number of nitriles is 1. The Morgan fingerprint density at radius 3 is 2.38 bits per heavy atom. The number of hydrogen-bond acceptors (Lipinski definition) is 3. The highest BCUT2D eigenvalue weighted by atomic mass is 32.2. The van der Waals surface area contributed by atoms with Gasteiger partial charge in [-0.2, -0.15) is 5.26 Å². The summed E-state index contributed by atoms with van der Waals surface area (Å²) in [6.45, 7) is 2.89. The molecule has 1 unspecified atom stereocenters. The number of sulfonamides is 1. The van der Waals surface area contributed by atoms with E-state index in [1.165, 1.54) is 4.31 Å². The monoisotopic (exact) mass is 202 g/mol. The number of nitrogens with zero attached hydrogens (tertiary/aromatic N) is 2. The predicted octanol–water partition coefficient (Wildman–Crippen LogP) is 0.714. The molecule has 1 aliphatic heterocycles. The quantitative estimate of drug-likeness (QED) is 0.677. The number of rotatable bonds is 3. The van der Waals surface area contributed by atoms with Gasteiger partial charge >= 0.3 is 0 Å². The van der Waals surface area contributed by atoms with Crippen molar-refractivity contribution in [3.05, 3.63) is 0 Å². The van der Waals surface area contributed by atoms with Gasteiger partial charge in [-0.25, -0.2) is 12.7 Å². The van der Waals surface area contributed by atoms with E-state index in [2.05, 4.69) is 0 Å². The van der Waals surface area contributed by atoms with Crippen LogP contribution in [0.1, 0.15) is 26.2 Å². The topological polar surface area (TPSA) is 61.2 Å². The SMILES string of the molecule is CCC(C#N)S(=O)(=O)N1CCCC1. The van der Waals surface area contributed by atoms with E-state index >= 15 is 0 Å². The van der Waals surface area contributed by atoms with Gasteiger partial charge in [0.2, 0.25) is 10.0 Å². The molecule has 0 aromatic heterocycles. The lowest BCUT2D eigenvalue weighted by atomic mass is 10.4. The third-order valence-corrected chi connectivity index (χ3v) is 4.54. The lowest BCUT2D eigenvalue weighted by Crippen LogP contribution is -2.35. The molecule has 1 aliphatic rings. The van der Waals surface area contributed by atoms with Crippen LogP contribution in [-0.4, -0.2) is 31.1 Å². The van der Waals surface area contributed by atoms with Crippen LogP contribution in [0, 0.1) is 11.3 Å². The van der Waals surface area contributed by atoms with Crippen molar-refractivity contribution in [2.24, 2.45) is 0 Å². The molecule has 13 heavy (non-hydrogen) atoms. The molecule has 0 bridgehead atoms. The zero-order valence-corrected chi connectivity index (χ0v) is 8.55. The maximum atomic E-state index is 11.7. The second-order valence-electron chi connectivity index (χ2n) is 3.18. The molecule has 0 N–H and O–H groups in total. The van der Waals surface area contributed by atoms with Crippen LogP contribution in [0.3, 0.4) is 0 Å². The molecule has 0 aliphatic carbocycles. The lowest BCUT2D eigenvalue weighted by molar-refractivity contribution is 0.470. The molecule has 1 atom stereocenters. The number of hydrogen-bond donors (Lipinski definition) is 0. The fourth-order valence-electron chi connectivity index (χ4n) is 1.49. The molecule has 0 spiro atoms. The highest BCUT2D eigenvalue weighted by molar-refractivity contribution is 7.90. The van der Waals surface area contributed by atoms with Crippen molar-refractivity contribution >= 4 is 10.0 Å². The maximum Gasteiger partial charge on any atom is 0.230 e. The van der Waals surface area contributed by atoms with Crippen molar-refractivity contribution in [3.8, 4) is 6.07 Å². The van der Waals surface area contributed by atoms with Crippen LogP contribution in [0.2, 0.25) is 0 Å². The van der Waals surface area contributed by atoms with Crippen molar-refractivity contribution in [3.63, 3.8) is 0 Å². The largest absolute Gasteiger partial charge is 0.230 e. The van der Waals surface area contributed by atoms with Crippen LogP contribution < -0.4 is 0 Å².